The molecule has 0 saturated carbocycles. The number of hydrogen-bond donors (Lipinski definition) is 1. The number of hydrogen-bond acceptors (Lipinski definition) is 5. The zero-order valence-electron chi connectivity index (χ0n) is 16.9. The topological polar surface area (TPSA) is 51.7 Å². The number of carbonyl (C=O) groups is 1. The van der Waals surface area contributed by atoms with E-state index in [1.165, 1.54) is 18.4 Å². The Balaban J connectivity index is 1.42. The zero-order chi connectivity index (χ0) is 19.1. The zero-order valence-corrected chi connectivity index (χ0v) is 16.9. The van der Waals surface area contributed by atoms with Gasteiger partial charge in [0.15, 0.2) is 0 Å². The summed E-state index contributed by atoms with van der Waals surface area (Å²) in [5, 5.41) is 3.12. The molecule has 1 N–H and O–H groups in total. The number of nitrogens with one attached hydrogen (secondary N) is 1. The molecule has 2 aliphatic heterocycles. The molecule has 1 aromatic rings. The lowest BCUT2D eigenvalue weighted by Gasteiger charge is -2.42. The molecule has 3 rings (SSSR count). The highest BCUT2D eigenvalue weighted by molar-refractivity contribution is 5.78. The van der Waals surface area contributed by atoms with E-state index in [4.69, 9.17) is 0 Å². The largest absolute Gasteiger partial charge is 0.355 e. The Morgan fingerprint density at radius 3 is 2.63 bits per heavy atom. The van der Waals surface area contributed by atoms with Crippen molar-refractivity contribution in [1.82, 2.24) is 25.0 Å². The molecule has 2 saturated heterocycles. The van der Waals surface area contributed by atoms with E-state index in [0.717, 1.165) is 58.7 Å². The minimum atomic E-state index is 0.163. The van der Waals surface area contributed by atoms with Crippen LogP contribution in [-0.4, -0.2) is 85.0 Å². The quantitative estimate of drug-likeness (QED) is 0.784. The van der Waals surface area contributed by atoms with Gasteiger partial charge in [-0.05, 0) is 77.1 Å². The first-order valence-corrected chi connectivity index (χ1v) is 10.4. The lowest BCUT2D eigenvalue weighted by molar-refractivity contribution is -0.127. The summed E-state index contributed by atoms with van der Waals surface area (Å²) in [5.41, 5.74) is 1.34. The molecule has 0 aliphatic carbocycles. The van der Waals surface area contributed by atoms with Gasteiger partial charge < -0.3 is 10.2 Å². The van der Waals surface area contributed by atoms with Crippen molar-refractivity contribution >= 4 is 5.91 Å². The van der Waals surface area contributed by atoms with Crippen molar-refractivity contribution in [3.63, 3.8) is 0 Å². The van der Waals surface area contributed by atoms with Gasteiger partial charge in [0.05, 0.1) is 5.92 Å². The second-order valence-electron chi connectivity index (χ2n) is 8.29. The van der Waals surface area contributed by atoms with Gasteiger partial charge in [-0.25, -0.2) is 0 Å². The lowest BCUT2D eigenvalue weighted by Crippen LogP contribution is -2.51. The number of nitrogens with zero attached hydrogens (tertiary/aromatic N) is 4. The Morgan fingerprint density at radius 2 is 1.93 bits per heavy atom. The predicted octanol–water partition coefficient (Wildman–Crippen LogP) is 1.44. The van der Waals surface area contributed by atoms with E-state index >= 15 is 0 Å². The van der Waals surface area contributed by atoms with E-state index in [2.05, 4.69) is 37.1 Å². The maximum Gasteiger partial charge on any atom is 0.224 e. The number of amides is 1. The van der Waals surface area contributed by atoms with Gasteiger partial charge in [-0.1, -0.05) is 0 Å². The molecule has 2 aliphatic rings. The van der Waals surface area contributed by atoms with Crippen LogP contribution in [0, 0.1) is 5.92 Å². The van der Waals surface area contributed by atoms with Crippen LogP contribution >= 0.6 is 0 Å². The lowest BCUT2D eigenvalue weighted by atomic mass is 9.93. The van der Waals surface area contributed by atoms with Gasteiger partial charge in [0.1, 0.15) is 0 Å². The third kappa shape index (κ3) is 6.26. The fourth-order valence-electron chi connectivity index (χ4n) is 4.29. The minimum absolute atomic E-state index is 0.163. The van der Waals surface area contributed by atoms with Gasteiger partial charge in [-0.15, -0.1) is 0 Å². The standard InChI is InChI=1S/C21H35N5O/c1-24(2)15-11-23-21(27)19-4-3-12-26(17-19)20-7-13-25(14-8-20)16-18-5-9-22-10-6-18/h5-6,9-10,19-20H,3-4,7-8,11-17H2,1-2H3,(H,23,27)/t19-/m1/s1. The third-order valence-electron chi connectivity index (χ3n) is 5.91. The van der Waals surface area contributed by atoms with E-state index in [-0.39, 0.29) is 11.8 Å². The number of piperidine rings is 2. The van der Waals surface area contributed by atoms with Crippen molar-refractivity contribution in [1.29, 1.82) is 0 Å². The highest BCUT2D eigenvalue weighted by Crippen LogP contribution is 2.24. The molecule has 0 spiro atoms. The van der Waals surface area contributed by atoms with E-state index in [0.29, 0.717) is 6.04 Å². The molecule has 2 fully saturated rings. The Kier molecular flexibility index (Phi) is 7.61. The summed E-state index contributed by atoms with van der Waals surface area (Å²) in [6.45, 7) is 7.03. The fraction of sp³-hybridized carbons (Fsp3) is 0.714. The summed E-state index contributed by atoms with van der Waals surface area (Å²) in [6, 6.07) is 4.85. The maximum absolute atomic E-state index is 12.5. The maximum atomic E-state index is 12.5. The molecule has 3 heterocycles. The predicted molar refractivity (Wildman–Crippen MR) is 108 cm³/mol. The van der Waals surface area contributed by atoms with Crippen LogP contribution in [-0.2, 0) is 11.3 Å². The molecule has 0 unspecified atom stereocenters. The normalized spacial score (nSPS) is 22.9. The first kappa shape index (κ1) is 20.2. The number of pyridine rings is 1. The number of rotatable bonds is 7. The Labute approximate surface area is 163 Å². The van der Waals surface area contributed by atoms with Crippen molar-refractivity contribution in [3.05, 3.63) is 30.1 Å². The van der Waals surface area contributed by atoms with Crippen LogP contribution in [0.5, 0.6) is 0 Å². The van der Waals surface area contributed by atoms with Crippen LogP contribution < -0.4 is 5.32 Å². The van der Waals surface area contributed by atoms with Gasteiger partial charge in [-0.3, -0.25) is 19.6 Å². The second-order valence-corrected chi connectivity index (χ2v) is 8.29. The van der Waals surface area contributed by atoms with Crippen molar-refractivity contribution in [2.45, 2.75) is 38.3 Å². The smallest absolute Gasteiger partial charge is 0.224 e. The average Bonchev–Trinajstić information content (AvgIpc) is 2.69. The molecule has 0 aromatic carbocycles. The highest BCUT2D eigenvalue weighted by atomic mass is 16.1. The van der Waals surface area contributed by atoms with Crippen LogP contribution in [0.15, 0.2) is 24.5 Å². The van der Waals surface area contributed by atoms with E-state index in [1.54, 1.807) is 0 Å². The van der Waals surface area contributed by atoms with Crippen LogP contribution in [0.2, 0.25) is 0 Å². The molecule has 1 amide bonds. The highest BCUT2D eigenvalue weighted by Gasteiger charge is 2.31. The molecular formula is C21H35N5O. The summed E-state index contributed by atoms with van der Waals surface area (Å²) < 4.78 is 0. The molecule has 1 atom stereocenters. The summed E-state index contributed by atoms with van der Waals surface area (Å²) in [6.07, 6.45) is 8.34. The van der Waals surface area contributed by atoms with Crippen molar-refractivity contribution in [2.24, 2.45) is 5.92 Å². The number of likely N-dealkylation sites (tertiary alicyclic amines) is 2. The molecular weight excluding hydrogens is 338 g/mol. The van der Waals surface area contributed by atoms with Gasteiger partial charge in [0.25, 0.3) is 0 Å². The second kappa shape index (κ2) is 10.2. The molecule has 0 radical (unpaired) electrons. The summed E-state index contributed by atoms with van der Waals surface area (Å²) in [4.78, 5) is 23.8. The van der Waals surface area contributed by atoms with E-state index < -0.39 is 0 Å². The number of carbonyl (C=O) groups excluding carboxylic acids is 1. The van der Waals surface area contributed by atoms with Crippen LogP contribution in [0.25, 0.3) is 0 Å². The van der Waals surface area contributed by atoms with Crippen LogP contribution in [0.3, 0.4) is 0 Å². The Bertz CT molecular complexity index is 571. The van der Waals surface area contributed by atoms with Gasteiger partial charge in [0, 0.05) is 44.6 Å². The van der Waals surface area contributed by atoms with Crippen molar-refractivity contribution in [3.8, 4) is 0 Å². The van der Waals surface area contributed by atoms with Crippen LogP contribution in [0.1, 0.15) is 31.2 Å². The summed E-state index contributed by atoms with van der Waals surface area (Å²) >= 11 is 0. The number of aromatic nitrogens is 1. The van der Waals surface area contributed by atoms with E-state index in [1.807, 2.05) is 26.5 Å². The van der Waals surface area contributed by atoms with E-state index in [9.17, 15) is 4.79 Å². The van der Waals surface area contributed by atoms with Crippen molar-refractivity contribution < 1.29 is 4.79 Å². The van der Waals surface area contributed by atoms with Gasteiger partial charge >= 0.3 is 0 Å². The molecule has 0 bridgehead atoms. The van der Waals surface area contributed by atoms with Gasteiger partial charge in [0.2, 0.25) is 5.91 Å². The molecule has 6 nitrogen and oxygen atoms in total. The average molecular weight is 374 g/mol. The van der Waals surface area contributed by atoms with Gasteiger partial charge in [-0.2, -0.15) is 0 Å². The SMILES string of the molecule is CN(C)CCNC(=O)[C@@H]1CCCN(C2CCN(Cc3ccncc3)CC2)C1. The summed E-state index contributed by atoms with van der Waals surface area (Å²) in [5.74, 6) is 0.410. The van der Waals surface area contributed by atoms with Crippen molar-refractivity contribution in [2.75, 3.05) is 53.4 Å². The molecule has 150 valence electrons. The first-order chi connectivity index (χ1) is 13.1. The molecule has 1 aromatic heterocycles. The molecule has 27 heavy (non-hydrogen) atoms. The first-order valence-electron chi connectivity index (χ1n) is 10.4. The number of likely N-dealkylation sites (N-methyl/N-ethyl adjacent to an activating group) is 1. The fourth-order valence-corrected chi connectivity index (χ4v) is 4.29. The monoisotopic (exact) mass is 373 g/mol. The Morgan fingerprint density at radius 1 is 1.19 bits per heavy atom. The summed E-state index contributed by atoms with van der Waals surface area (Å²) in [7, 11) is 4.07. The molecule has 6 heteroatoms. The third-order valence-corrected chi connectivity index (χ3v) is 5.91. The van der Waals surface area contributed by atoms with Crippen LogP contribution in [0.4, 0.5) is 0 Å². The Hall–Kier alpha value is -1.50. The minimum Gasteiger partial charge on any atom is -0.355 e.